The van der Waals surface area contributed by atoms with Crippen molar-refractivity contribution in [3.05, 3.63) is 24.1 Å². The first-order chi connectivity index (χ1) is 9.94. The van der Waals surface area contributed by atoms with Gasteiger partial charge in [-0.1, -0.05) is 13.8 Å². The largest absolute Gasteiger partial charge is 0.439 e. The molecule has 2 rings (SSSR count). The molecule has 0 aliphatic carbocycles. The Balaban J connectivity index is 1.91. The van der Waals surface area contributed by atoms with Crippen molar-refractivity contribution in [2.45, 2.75) is 20.4 Å². The molecule has 1 heterocycles. The van der Waals surface area contributed by atoms with E-state index in [-0.39, 0.29) is 5.91 Å². The molecule has 6 nitrogen and oxygen atoms in total. The lowest BCUT2D eigenvalue weighted by atomic mass is 10.2. The number of carbonyl (C=O) groups is 1. The summed E-state index contributed by atoms with van der Waals surface area (Å²) in [5, 5.41) is 2.88. The summed E-state index contributed by atoms with van der Waals surface area (Å²) in [6.45, 7) is 5.61. The zero-order chi connectivity index (χ0) is 15.4. The Bertz CT molecular complexity index is 621. The smallest absolute Gasteiger partial charge is 0.234 e. The van der Waals surface area contributed by atoms with Crippen molar-refractivity contribution in [1.82, 2.24) is 15.2 Å². The SMILES string of the molecule is CC(C)CNC(=O)CN(C)Cc1nc2ccc(N)cc2o1. The minimum Gasteiger partial charge on any atom is -0.439 e. The zero-order valence-electron chi connectivity index (χ0n) is 12.7. The van der Waals surface area contributed by atoms with E-state index in [9.17, 15) is 4.79 Å². The molecule has 1 aromatic carbocycles. The quantitative estimate of drug-likeness (QED) is 0.790. The number of anilines is 1. The maximum absolute atomic E-state index is 11.7. The van der Waals surface area contributed by atoms with Crippen LogP contribution in [0.5, 0.6) is 0 Å². The molecule has 0 saturated carbocycles. The molecule has 114 valence electrons. The lowest BCUT2D eigenvalue weighted by Gasteiger charge is -2.14. The molecule has 3 N–H and O–H groups in total. The van der Waals surface area contributed by atoms with Crippen molar-refractivity contribution in [3.8, 4) is 0 Å². The van der Waals surface area contributed by atoms with E-state index in [0.29, 0.717) is 42.7 Å². The Hall–Kier alpha value is -2.08. The number of nitrogens with zero attached hydrogens (tertiary/aromatic N) is 2. The van der Waals surface area contributed by atoms with E-state index in [1.807, 2.05) is 18.0 Å². The van der Waals surface area contributed by atoms with Crippen LogP contribution < -0.4 is 11.1 Å². The molecule has 0 unspecified atom stereocenters. The third-order valence-electron chi connectivity index (χ3n) is 2.98. The number of benzene rings is 1. The summed E-state index contributed by atoms with van der Waals surface area (Å²) in [6, 6.07) is 5.37. The average Bonchev–Trinajstić information content (AvgIpc) is 2.77. The molecule has 21 heavy (non-hydrogen) atoms. The summed E-state index contributed by atoms with van der Waals surface area (Å²) in [7, 11) is 1.86. The van der Waals surface area contributed by atoms with Gasteiger partial charge in [-0.2, -0.15) is 0 Å². The van der Waals surface area contributed by atoms with Gasteiger partial charge >= 0.3 is 0 Å². The van der Waals surface area contributed by atoms with Crippen LogP contribution in [0.1, 0.15) is 19.7 Å². The molecule has 0 atom stereocenters. The number of hydrogen-bond donors (Lipinski definition) is 2. The Morgan fingerprint density at radius 2 is 2.24 bits per heavy atom. The fourth-order valence-electron chi connectivity index (χ4n) is 1.96. The van der Waals surface area contributed by atoms with Crippen LogP contribution in [-0.4, -0.2) is 35.9 Å². The van der Waals surface area contributed by atoms with Crippen molar-refractivity contribution in [3.63, 3.8) is 0 Å². The van der Waals surface area contributed by atoms with Crippen LogP contribution in [0.3, 0.4) is 0 Å². The van der Waals surface area contributed by atoms with Crippen molar-refractivity contribution >= 4 is 22.7 Å². The van der Waals surface area contributed by atoms with Gasteiger partial charge in [-0.15, -0.1) is 0 Å². The van der Waals surface area contributed by atoms with Gasteiger partial charge in [-0.05, 0) is 25.1 Å². The Morgan fingerprint density at radius 3 is 2.95 bits per heavy atom. The molecule has 0 bridgehead atoms. The van der Waals surface area contributed by atoms with E-state index in [0.717, 1.165) is 5.52 Å². The Kier molecular flexibility index (Phi) is 4.80. The first-order valence-electron chi connectivity index (χ1n) is 7.04. The summed E-state index contributed by atoms with van der Waals surface area (Å²) < 4.78 is 5.63. The zero-order valence-corrected chi connectivity index (χ0v) is 12.7. The van der Waals surface area contributed by atoms with Gasteiger partial charge in [0.1, 0.15) is 5.52 Å². The Labute approximate surface area is 124 Å². The number of carbonyl (C=O) groups excluding carboxylic acids is 1. The minimum atomic E-state index is 0.00607. The summed E-state index contributed by atoms with van der Waals surface area (Å²) in [4.78, 5) is 18.0. The fourth-order valence-corrected chi connectivity index (χ4v) is 1.96. The molecular weight excluding hydrogens is 268 g/mol. The topological polar surface area (TPSA) is 84.4 Å². The maximum atomic E-state index is 11.7. The number of hydrogen-bond acceptors (Lipinski definition) is 5. The van der Waals surface area contributed by atoms with Crippen LogP contribution in [0.4, 0.5) is 5.69 Å². The molecule has 0 radical (unpaired) electrons. The average molecular weight is 290 g/mol. The third kappa shape index (κ3) is 4.46. The number of amides is 1. The lowest BCUT2D eigenvalue weighted by molar-refractivity contribution is -0.122. The number of nitrogen functional groups attached to an aromatic ring is 1. The number of likely N-dealkylation sites (N-methyl/N-ethyl adjacent to an activating group) is 1. The van der Waals surface area contributed by atoms with Crippen LogP contribution in [0.25, 0.3) is 11.1 Å². The van der Waals surface area contributed by atoms with Gasteiger partial charge < -0.3 is 15.5 Å². The molecule has 6 heteroatoms. The van der Waals surface area contributed by atoms with Crippen molar-refractivity contribution in [2.24, 2.45) is 5.92 Å². The molecular formula is C15H22N4O2. The summed E-state index contributed by atoms with van der Waals surface area (Å²) in [6.07, 6.45) is 0. The number of fused-ring (bicyclic) bond motifs is 1. The van der Waals surface area contributed by atoms with Crippen LogP contribution in [0.2, 0.25) is 0 Å². The van der Waals surface area contributed by atoms with E-state index in [2.05, 4.69) is 24.1 Å². The van der Waals surface area contributed by atoms with Gasteiger partial charge in [0.05, 0.1) is 13.1 Å². The highest BCUT2D eigenvalue weighted by Gasteiger charge is 2.11. The maximum Gasteiger partial charge on any atom is 0.234 e. The summed E-state index contributed by atoms with van der Waals surface area (Å²) >= 11 is 0. The van der Waals surface area contributed by atoms with Gasteiger partial charge in [-0.3, -0.25) is 9.69 Å². The van der Waals surface area contributed by atoms with E-state index < -0.39 is 0 Å². The molecule has 1 amide bonds. The van der Waals surface area contributed by atoms with Crippen LogP contribution in [-0.2, 0) is 11.3 Å². The van der Waals surface area contributed by atoms with E-state index in [1.165, 1.54) is 0 Å². The first-order valence-corrected chi connectivity index (χ1v) is 7.04. The molecule has 0 fully saturated rings. The van der Waals surface area contributed by atoms with E-state index in [1.54, 1.807) is 12.1 Å². The van der Waals surface area contributed by atoms with Crippen LogP contribution in [0.15, 0.2) is 22.6 Å². The number of aromatic nitrogens is 1. The third-order valence-corrected chi connectivity index (χ3v) is 2.98. The minimum absolute atomic E-state index is 0.00607. The molecule has 1 aromatic heterocycles. The van der Waals surface area contributed by atoms with Crippen LogP contribution >= 0.6 is 0 Å². The second-order valence-corrected chi connectivity index (χ2v) is 5.70. The fraction of sp³-hybridized carbons (Fsp3) is 0.467. The number of nitrogens with one attached hydrogen (secondary N) is 1. The molecule has 2 aromatic rings. The second-order valence-electron chi connectivity index (χ2n) is 5.70. The van der Waals surface area contributed by atoms with Gasteiger partial charge in [0.2, 0.25) is 11.8 Å². The Morgan fingerprint density at radius 1 is 1.48 bits per heavy atom. The first kappa shape index (κ1) is 15.3. The van der Waals surface area contributed by atoms with Crippen molar-refractivity contribution in [1.29, 1.82) is 0 Å². The standard InChI is InChI=1S/C15H22N4O2/c1-10(2)7-17-14(20)8-19(3)9-15-18-12-5-4-11(16)6-13(12)21-15/h4-6,10H,7-9,16H2,1-3H3,(H,17,20). The predicted octanol–water partition coefficient (Wildman–Crippen LogP) is 1.61. The highest BCUT2D eigenvalue weighted by molar-refractivity contribution is 5.78. The number of nitrogens with two attached hydrogens (primary N) is 1. The highest BCUT2D eigenvalue weighted by Crippen LogP contribution is 2.18. The lowest BCUT2D eigenvalue weighted by Crippen LogP contribution is -2.36. The van der Waals surface area contributed by atoms with E-state index in [4.69, 9.17) is 10.2 Å². The van der Waals surface area contributed by atoms with Crippen LogP contribution in [0, 0.1) is 5.92 Å². The second kappa shape index (κ2) is 6.58. The van der Waals surface area contributed by atoms with Gasteiger partial charge in [0.25, 0.3) is 0 Å². The van der Waals surface area contributed by atoms with E-state index >= 15 is 0 Å². The monoisotopic (exact) mass is 290 g/mol. The number of rotatable bonds is 6. The molecule has 0 aliphatic rings. The van der Waals surface area contributed by atoms with Crippen molar-refractivity contribution < 1.29 is 9.21 Å². The van der Waals surface area contributed by atoms with Gasteiger partial charge in [0, 0.05) is 18.3 Å². The van der Waals surface area contributed by atoms with Gasteiger partial charge in [0.15, 0.2) is 5.58 Å². The highest BCUT2D eigenvalue weighted by atomic mass is 16.3. The molecule has 0 aliphatic heterocycles. The van der Waals surface area contributed by atoms with Crippen molar-refractivity contribution in [2.75, 3.05) is 25.9 Å². The molecule has 0 saturated heterocycles. The summed E-state index contributed by atoms with van der Waals surface area (Å²) in [5.74, 6) is 1.03. The normalized spacial score (nSPS) is 11.5. The summed E-state index contributed by atoms with van der Waals surface area (Å²) in [5.41, 5.74) is 7.80. The van der Waals surface area contributed by atoms with Gasteiger partial charge in [-0.25, -0.2) is 4.98 Å². The predicted molar refractivity (Wildman–Crippen MR) is 82.6 cm³/mol. The molecule has 0 spiro atoms. The number of oxazole rings is 1.